The van der Waals surface area contributed by atoms with Gasteiger partial charge >= 0.3 is 27.6 Å². The average Bonchev–Trinajstić information content (AvgIpc) is 3.21. The number of carbonyl (C=O) groups is 3. The maximum absolute atomic E-state index is 13.0. The lowest BCUT2D eigenvalue weighted by Gasteiger charge is -2.43. The molecular weight excluding hydrogens is 850 g/mol. The third-order valence-corrected chi connectivity index (χ3v) is 12.6. The Balaban J connectivity index is 2.58. The molecule has 7 N–H and O–H groups in total. The van der Waals surface area contributed by atoms with Crippen molar-refractivity contribution in [2.45, 2.75) is 243 Å². The molecule has 0 aliphatic heterocycles. The molecule has 8 atom stereocenters. The third kappa shape index (κ3) is 29.3. The number of ether oxygens (including phenoxy) is 2. The molecule has 0 bridgehead atoms. The minimum atomic E-state index is -5.37. The van der Waals surface area contributed by atoms with E-state index in [1.165, 1.54) is 64.2 Å². The fourth-order valence-electron chi connectivity index (χ4n) is 7.47. The summed E-state index contributed by atoms with van der Waals surface area (Å²) in [4.78, 5) is 66.0. The minimum absolute atomic E-state index is 0.0273. The molecule has 0 aromatic heterocycles. The summed E-state index contributed by atoms with van der Waals surface area (Å²) in [5.41, 5.74) is 0. The number of rotatable bonds is 40. The average molecular weight is 933 g/mol. The van der Waals surface area contributed by atoms with Crippen LogP contribution in [0.15, 0.2) is 0 Å². The van der Waals surface area contributed by atoms with Crippen LogP contribution in [0.4, 0.5) is 0 Å². The first kappa shape index (κ1) is 58.7. The van der Waals surface area contributed by atoms with E-state index in [-0.39, 0.29) is 13.0 Å². The van der Waals surface area contributed by atoms with Crippen LogP contribution in [0.1, 0.15) is 200 Å². The topological polar surface area (TPSA) is 273 Å². The first-order valence-corrected chi connectivity index (χ1v) is 26.5. The molecule has 0 amide bonds. The second kappa shape index (κ2) is 34.9. The highest BCUT2D eigenvalue weighted by Gasteiger charge is 2.54. The number of hydrogen-bond acceptors (Lipinski definition) is 14. The number of phosphoric ester groups is 2. The molecule has 0 spiro atoms. The normalized spacial score (nSPS) is 22.0. The molecule has 366 valence electrons. The van der Waals surface area contributed by atoms with Crippen LogP contribution in [0.5, 0.6) is 0 Å². The SMILES string of the molecule is CCCCCCCCCCCCCCCC(=O)O[C@@H](COP(=O)(O)OC1C(O)[C@H](OP(=O)(O)O)C(O)[C@H](O)[C@@H]1O)CC(=O)OCCCCCCCCCCCCCC(=O)CCC. The van der Waals surface area contributed by atoms with E-state index in [0.717, 1.165) is 83.5 Å². The van der Waals surface area contributed by atoms with Gasteiger partial charge in [0.05, 0.1) is 19.6 Å². The number of hydrogen-bond donors (Lipinski definition) is 7. The molecule has 1 fully saturated rings. The van der Waals surface area contributed by atoms with E-state index in [2.05, 4.69) is 11.4 Å². The molecular formula is C43H82O17P2. The summed E-state index contributed by atoms with van der Waals surface area (Å²) in [6.45, 7) is 3.48. The molecule has 0 aromatic carbocycles. The first-order chi connectivity index (χ1) is 29.5. The summed E-state index contributed by atoms with van der Waals surface area (Å²) in [7, 11) is -10.7. The molecule has 62 heavy (non-hydrogen) atoms. The number of aliphatic hydroxyl groups is 4. The highest BCUT2D eigenvalue weighted by Crippen LogP contribution is 2.49. The van der Waals surface area contributed by atoms with E-state index in [4.69, 9.17) is 28.3 Å². The van der Waals surface area contributed by atoms with Gasteiger partial charge in [0.2, 0.25) is 0 Å². The Labute approximate surface area is 370 Å². The van der Waals surface area contributed by atoms with Gasteiger partial charge < -0.3 is 44.6 Å². The van der Waals surface area contributed by atoms with E-state index < -0.39 is 83.3 Å². The standard InChI is InChI=1S/C43H82O17P2/c1-3-5-6-7-8-9-10-11-14-17-20-23-26-30-36(45)58-35(32-37(46)56-31-27-24-21-18-15-12-13-16-19-22-25-29-34(44)28-4-2)33-57-62(54,55)60-43-40(49)38(47)39(48)42(41(43)50)59-61(51,52)53/h35,38-43,47-50H,3-33H2,1-2H3,(H,54,55)(H2,51,52,53)/t35-,38+,39?,40+,41?,42-,43?/m1/s1. The molecule has 0 aromatic rings. The van der Waals surface area contributed by atoms with E-state index in [1.807, 2.05) is 6.92 Å². The van der Waals surface area contributed by atoms with Crippen molar-refractivity contribution in [1.29, 1.82) is 0 Å². The molecule has 1 aliphatic carbocycles. The Kier molecular flexibility index (Phi) is 33.1. The van der Waals surface area contributed by atoms with Gasteiger partial charge in [0.1, 0.15) is 48.5 Å². The second-order valence-electron chi connectivity index (χ2n) is 16.8. The van der Waals surface area contributed by atoms with Crippen molar-refractivity contribution in [1.82, 2.24) is 0 Å². The van der Waals surface area contributed by atoms with E-state index in [0.29, 0.717) is 31.5 Å². The van der Waals surface area contributed by atoms with Crippen molar-refractivity contribution in [3.05, 3.63) is 0 Å². The zero-order chi connectivity index (χ0) is 46.2. The summed E-state index contributed by atoms with van der Waals surface area (Å²) in [6, 6.07) is 0. The molecule has 0 saturated heterocycles. The first-order valence-electron chi connectivity index (χ1n) is 23.5. The number of aliphatic hydroxyl groups excluding tert-OH is 4. The van der Waals surface area contributed by atoms with Crippen LogP contribution < -0.4 is 0 Å². The van der Waals surface area contributed by atoms with E-state index >= 15 is 0 Å². The highest BCUT2D eigenvalue weighted by atomic mass is 31.2. The molecule has 1 rings (SSSR count). The number of Topliss-reactive ketones (excluding diaryl/α,β-unsaturated/α-hetero) is 1. The van der Waals surface area contributed by atoms with Crippen LogP contribution in [0, 0.1) is 0 Å². The fourth-order valence-corrected chi connectivity index (χ4v) is 9.01. The van der Waals surface area contributed by atoms with E-state index in [1.54, 1.807) is 0 Å². The van der Waals surface area contributed by atoms with E-state index in [9.17, 15) is 48.8 Å². The fraction of sp³-hybridized carbons (Fsp3) is 0.930. The molecule has 0 heterocycles. The monoisotopic (exact) mass is 933 g/mol. The minimum Gasteiger partial charge on any atom is -0.466 e. The Hall–Kier alpha value is -1.33. The van der Waals surface area contributed by atoms with Crippen molar-refractivity contribution in [3.63, 3.8) is 0 Å². The Bertz CT molecular complexity index is 1280. The zero-order valence-corrected chi connectivity index (χ0v) is 39.4. The summed E-state index contributed by atoms with van der Waals surface area (Å²) in [5, 5.41) is 41.2. The number of phosphoric acid groups is 2. The molecule has 4 unspecified atom stereocenters. The van der Waals surface area contributed by atoms with Gasteiger partial charge in [-0.1, -0.05) is 149 Å². The molecule has 17 nitrogen and oxygen atoms in total. The summed E-state index contributed by atoms with van der Waals surface area (Å²) in [5.74, 6) is -1.06. The number of carbonyl (C=O) groups excluding carboxylic acids is 3. The lowest BCUT2D eigenvalue weighted by Crippen LogP contribution is -2.64. The van der Waals surface area contributed by atoms with Crippen molar-refractivity contribution < 1.29 is 81.7 Å². The van der Waals surface area contributed by atoms with Gasteiger partial charge in [-0.2, -0.15) is 0 Å². The van der Waals surface area contributed by atoms with Crippen LogP contribution in [-0.4, -0.2) is 109 Å². The van der Waals surface area contributed by atoms with Crippen molar-refractivity contribution in [2.75, 3.05) is 13.2 Å². The quantitative estimate of drug-likeness (QED) is 0.0175. The van der Waals surface area contributed by atoms with Gasteiger partial charge in [-0.3, -0.25) is 28.0 Å². The molecule has 1 saturated carbocycles. The summed E-state index contributed by atoms with van der Waals surface area (Å²) in [6.07, 6.45) is 12.7. The largest absolute Gasteiger partial charge is 0.472 e. The van der Waals surface area contributed by atoms with Crippen molar-refractivity contribution >= 4 is 33.4 Å². The van der Waals surface area contributed by atoms with Crippen LogP contribution in [0.2, 0.25) is 0 Å². The number of esters is 2. The highest BCUT2D eigenvalue weighted by molar-refractivity contribution is 7.47. The Morgan fingerprint density at radius 1 is 0.500 bits per heavy atom. The molecule has 19 heteroatoms. The van der Waals surface area contributed by atoms with Gasteiger partial charge in [0.25, 0.3) is 0 Å². The number of ketones is 1. The predicted molar refractivity (Wildman–Crippen MR) is 233 cm³/mol. The van der Waals surface area contributed by atoms with Gasteiger partial charge in [0, 0.05) is 19.3 Å². The van der Waals surface area contributed by atoms with Crippen molar-refractivity contribution in [2.24, 2.45) is 0 Å². The van der Waals surface area contributed by atoms with Gasteiger partial charge in [-0.25, -0.2) is 9.13 Å². The maximum atomic E-state index is 13.0. The van der Waals surface area contributed by atoms with Crippen molar-refractivity contribution in [3.8, 4) is 0 Å². The maximum Gasteiger partial charge on any atom is 0.472 e. The lowest BCUT2D eigenvalue weighted by molar-refractivity contribution is -0.216. The lowest BCUT2D eigenvalue weighted by atomic mass is 9.85. The Morgan fingerprint density at radius 2 is 0.935 bits per heavy atom. The smallest absolute Gasteiger partial charge is 0.466 e. The van der Waals surface area contributed by atoms with Gasteiger partial charge in [0.15, 0.2) is 0 Å². The van der Waals surface area contributed by atoms with Gasteiger partial charge in [-0.05, 0) is 25.7 Å². The predicted octanol–water partition coefficient (Wildman–Crippen LogP) is 7.80. The van der Waals surface area contributed by atoms with Crippen LogP contribution >= 0.6 is 15.6 Å². The molecule has 0 radical (unpaired) electrons. The number of unbranched alkanes of at least 4 members (excludes halogenated alkanes) is 22. The van der Waals surface area contributed by atoms with Crippen LogP contribution in [0.3, 0.4) is 0 Å². The third-order valence-electron chi connectivity index (χ3n) is 11.1. The van der Waals surface area contributed by atoms with Gasteiger partial charge in [-0.15, -0.1) is 0 Å². The van der Waals surface area contributed by atoms with Crippen LogP contribution in [-0.2, 0) is 46.6 Å². The van der Waals surface area contributed by atoms with Crippen LogP contribution in [0.25, 0.3) is 0 Å². The summed E-state index contributed by atoms with van der Waals surface area (Å²) < 4.78 is 49.3. The summed E-state index contributed by atoms with van der Waals surface area (Å²) >= 11 is 0. The zero-order valence-electron chi connectivity index (χ0n) is 37.6. The second-order valence-corrected chi connectivity index (χ2v) is 19.4. The Morgan fingerprint density at radius 3 is 1.40 bits per heavy atom. The molecule has 1 aliphatic rings.